The van der Waals surface area contributed by atoms with Crippen molar-refractivity contribution < 1.29 is 14.3 Å². The summed E-state index contributed by atoms with van der Waals surface area (Å²) in [7, 11) is 0. The fourth-order valence-electron chi connectivity index (χ4n) is 6.97. The molecular formula is C28H35N3O3. The molecule has 1 atom stereocenters. The molecule has 1 unspecified atom stereocenters. The minimum atomic E-state index is -0.164. The Morgan fingerprint density at radius 3 is 2.32 bits per heavy atom. The Morgan fingerprint density at radius 2 is 1.71 bits per heavy atom. The molecule has 2 N–H and O–H groups in total. The second-order valence-corrected chi connectivity index (χ2v) is 10.9. The molecule has 180 valence electrons. The van der Waals surface area contributed by atoms with E-state index < -0.39 is 0 Å². The third-order valence-electron chi connectivity index (χ3n) is 8.03. The van der Waals surface area contributed by atoms with E-state index >= 15 is 0 Å². The third kappa shape index (κ3) is 5.43. The number of rotatable bonds is 9. The van der Waals surface area contributed by atoms with Crippen LogP contribution in [-0.4, -0.2) is 23.3 Å². The minimum Gasteiger partial charge on any atom is -0.489 e. The highest BCUT2D eigenvalue weighted by Crippen LogP contribution is 2.61. The average Bonchev–Trinajstić information content (AvgIpc) is 2.81. The normalized spacial score (nSPS) is 27.7. The summed E-state index contributed by atoms with van der Waals surface area (Å²) >= 11 is 0. The fraction of sp³-hybridized carbons (Fsp3) is 0.536. The van der Waals surface area contributed by atoms with Gasteiger partial charge in [-0.05, 0) is 92.4 Å². The van der Waals surface area contributed by atoms with Crippen LogP contribution in [0, 0.1) is 23.2 Å². The first-order chi connectivity index (χ1) is 16.5. The molecule has 0 saturated heterocycles. The summed E-state index contributed by atoms with van der Waals surface area (Å²) in [4.78, 5) is 29.2. The monoisotopic (exact) mass is 461 g/mol. The molecule has 6 nitrogen and oxygen atoms in total. The Balaban J connectivity index is 1.05. The minimum absolute atomic E-state index is 0.0277. The lowest BCUT2D eigenvalue weighted by molar-refractivity contribution is -0.132. The molecule has 0 aliphatic heterocycles. The number of benzene rings is 1. The van der Waals surface area contributed by atoms with Crippen LogP contribution in [0.4, 0.5) is 0 Å². The van der Waals surface area contributed by atoms with Crippen molar-refractivity contribution >= 4 is 11.8 Å². The van der Waals surface area contributed by atoms with Crippen molar-refractivity contribution in [3.8, 4) is 5.75 Å². The van der Waals surface area contributed by atoms with Gasteiger partial charge in [-0.1, -0.05) is 18.2 Å². The van der Waals surface area contributed by atoms with E-state index in [-0.39, 0.29) is 29.8 Å². The lowest BCUT2D eigenvalue weighted by Gasteiger charge is -2.56. The molecule has 4 saturated carbocycles. The van der Waals surface area contributed by atoms with Crippen molar-refractivity contribution in [3.63, 3.8) is 0 Å². The van der Waals surface area contributed by atoms with Gasteiger partial charge < -0.3 is 15.4 Å². The van der Waals surface area contributed by atoms with Crippen molar-refractivity contribution in [1.82, 2.24) is 15.6 Å². The van der Waals surface area contributed by atoms with Gasteiger partial charge in [0.1, 0.15) is 12.4 Å². The fourth-order valence-corrected chi connectivity index (χ4v) is 6.97. The topological polar surface area (TPSA) is 80.3 Å². The van der Waals surface area contributed by atoms with Crippen LogP contribution >= 0.6 is 0 Å². The molecule has 4 aliphatic carbocycles. The van der Waals surface area contributed by atoms with Crippen LogP contribution in [0.15, 0.2) is 48.8 Å². The van der Waals surface area contributed by atoms with Gasteiger partial charge in [-0.2, -0.15) is 0 Å². The maximum Gasteiger partial charge on any atom is 0.239 e. The second-order valence-electron chi connectivity index (χ2n) is 10.9. The second kappa shape index (κ2) is 9.77. The van der Waals surface area contributed by atoms with Gasteiger partial charge in [0, 0.05) is 24.4 Å². The zero-order valence-corrected chi connectivity index (χ0v) is 20.0. The van der Waals surface area contributed by atoms with Crippen LogP contribution in [0.5, 0.6) is 5.75 Å². The highest BCUT2D eigenvalue weighted by Gasteiger charge is 2.51. The number of hydrogen-bond acceptors (Lipinski definition) is 4. The maximum absolute atomic E-state index is 12.7. The Kier molecular flexibility index (Phi) is 6.57. The van der Waals surface area contributed by atoms with Crippen LogP contribution in [0.2, 0.25) is 0 Å². The Labute approximate surface area is 201 Å². The van der Waals surface area contributed by atoms with Gasteiger partial charge >= 0.3 is 0 Å². The summed E-state index contributed by atoms with van der Waals surface area (Å²) in [6.07, 6.45) is 11.8. The molecule has 6 heteroatoms. The van der Waals surface area contributed by atoms with E-state index in [1.165, 1.54) is 38.5 Å². The maximum atomic E-state index is 12.7. The number of nitrogens with zero attached hydrogens (tertiary/aromatic N) is 1. The summed E-state index contributed by atoms with van der Waals surface area (Å²) in [6.45, 7) is 2.44. The van der Waals surface area contributed by atoms with Crippen molar-refractivity contribution in [2.45, 2.75) is 64.5 Å². The van der Waals surface area contributed by atoms with Crippen molar-refractivity contribution in [3.05, 3.63) is 59.9 Å². The molecule has 4 bridgehead atoms. The largest absolute Gasteiger partial charge is 0.489 e. The zero-order valence-electron chi connectivity index (χ0n) is 20.0. The summed E-state index contributed by atoms with van der Waals surface area (Å²) in [5.41, 5.74) is 2.20. The predicted octanol–water partition coefficient (Wildman–Crippen LogP) is 4.56. The predicted molar refractivity (Wildman–Crippen MR) is 130 cm³/mol. The summed E-state index contributed by atoms with van der Waals surface area (Å²) in [5, 5.41) is 5.87. The number of carbonyl (C=O) groups excluding carboxylic acids is 2. The van der Waals surface area contributed by atoms with Gasteiger partial charge in [-0.15, -0.1) is 0 Å². The molecule has 1 aromatic carbocycles. The number of carbonyl (C=O) groups is 2. The smallest absolute Gasteiger partial charge is 0.239 e. The SMILES string of the molecule is CC(NC(=O)CNC(=O)CC12CC3CC(CC(C3)C1)C2)c1ccc(OCc2cccnc2)cc1. The average molecular weight is 462 g/mol. The van der Waals surface area contributed by atoms with E-state index in [1.807, 2.05) is 43.3 Å². The first-order valence-electron chi connectivity index (χ1n) is 12.6. The van der Waals surface area contributed by atoms with E-state index in [0.29, 0.717) is 13.0 Å². The van der Waals surface area contributed by atoms with E-state index in [4.69, 9.17) is 4.74 Å². The molecule has 2 amide bonds. The lowest BCUT2D eigenvalue weighted by Crippen LogP contribution is -2.48. The standard InChI is InChI=1S/C28H35N3O3/c1-19(24-4-6-25(7-5-24)34-18-20-3-2-8-29-16-20)31-27(33)17-30-26(32)15-28-12-21-9-22(13-28)11-23(10-21)14-28/h2-8,16,19,21-23H,9-15,17-18H2,1H3,(H,30,32)(H,31,33). The van der Waals surface area contributed by atoms with Crippen LogP contribution in [0.3, 0.4) is 0 Å². The molecule has 1 heterocycles. The highest BCUT2D eigenvalue weighted by atomic mass is 16.5. The van der Waals surface area contributed by atoms with Crippen molar-refractivity contribution in [2.24, 2.45) is 23.2 Å². The van der Waals surface area contributed by atoms with Crippen LogP contribution in [-0.2, 0) is 16.2 Å². The number of pyridine rings is 1. The first-order valence-corrected chi connectivity index (χ1v) is 12.6. The number of ether oxygens (including phenoxy) is 1. The van der Waals surface area contributed by atoms with Gasteiger partial charge in [0.2, 0.25) is 11.8 Å². The van der Waals surface area contributed by atoms with Crippen LogP contribution in [0.1, 0.15) is 69.0 Å². The molecular weight excluding hydrogens is 426 g/mol. The van der Waals surface area contributed by atoms with Crippen molar-refractivity contribution in [2.75, 3.05) is 6.54 Å². The van der Waals surface area contributed by atoms with Crippen LogP contribution in [0.25, 0.3) is 0 Å². The molecule has 4 fully saturated rings. The molecule has 0 radical (unpaired) electrons. The van der Waals surface area contributed by atoms with Gasteiger partial charge in [0.25, 0.3) is 0 Å². The van der Waals surface area contributed by atoms with Gasteiger partial charge in [-0.3, -0.25) is 14.6 Å². The Bertz CT molecular complexity index is 970. The number of nitrogens with one attached hydrogen (secondary N) is 2. The lowest BCUT2D eigenvalue weighted by atomic mass is 9.49. The van der Waals surface area contributed by atoms with Gasteiger partial charge in [-0.25, -0.2) is 0 Å². The molecule has 0 spiro atoms. The summed E-state index contributed by atoms with van der Waals surface area (Å²) in [6, 6.07) is 11.4. The highest BCUT2D eigenvalue weighted by molar-refractivity contribution is 5.85. The number of aromatic nitrogens is 1. The van der Waals surface area contributed by atoms with E-state index in [2.05, 4.69) is 15.6 Å². The quantitative estimate of drug-likeness (QED) is 0.574. The molecule has 2 aromatic rings. The zero-order chi connectivity index (χ0) is 23.5. The van der Waals surface area contributed by atoms with E-state index in [0.717, 1.165) is 34.6 Å². The van der Waals surface area contributed by atoms with E-state index in [1.54, 1.807) is 12.4 Å². The van der Waals surface area contributed by atoms with Crippen molar-refractivity contribution in [1.29, 1.82) is 0 Å². The third-order valence-corrected chi connectivity index (χ3v) is 8.03. The van der Waals surface area contributed by atoms with E-state index in [9.17, 15) is 9.59 Å². The molecule has 34 heavy (non-hydrogen) atoms. The molecule has 6 rings (SSSR count). The first kappa shape index (κ1) is 22.9. The Hall–Kier alpha value is -2.89. The summed E-state index contributed by atoms with van der Waals surface area (Å²) in [5.74, 6) is 3.12. The van der Waals surface area contributed by atoms with Gasteiger partial charge in [0.15, 0.2) is 0 Å². The summed E-state index contributed by atoms with van der Waals surface area (Å²) < 4.78 is 5.80. The van der Waals surface area contributed by atoms with Gasteiger partial charge in [0.05, 0.1) is 12.6 Å². The van der Waals surface area contributed by atoms with Crippen LogP contribution < -0.4 is 15.4 Å². The molecule has 4 aliphatic rings. The Morgan fingerprint density at radius 1 is 1.03 bits per heavy atom. The molecule has 1 aromatic heterocycles. The number of hydrogen-bond donors (Lipinski definition) is 2. The number of amides is 2.